The summed E-state index contributed by atoms with van der Waals surface area (Å²) in [6, 6.07) is 1.89. The molecule has 0 spiro atoms. The minimum absolute atomic E-state index is 0.389. The van der Waals surface area contributed by atoms with Gasteiger partial charge in [-0.25, -0.2) is 0 Å². The van der Waals surface area contributed by atoms with Gasteiger partial charge >= 0.3 is 5.97 Å². The number of hydrogen-bond donors (Lipinski definition) is 2. The largest absolute Gasteiger partial charge is 0.481 e. The lowest BCUT2D eigenvalue weighted by atomic mass is 10.1. The van der Waals surface area contributed by atoms with Crippen LogP contribution in [-0.2, 0) is 16.1 Å². The van der Waals surface area contributed by atoms with Crippen LogP contribution < -0.4 is 5.32 Å². The van der Waals surface area contributed by atoms with Gasteiger partial charge in [0.05, 0.1) is 0 Å². The van der Waals surface area contributed by atoms with Crippen LogP contribution in [0.4, 0.5) is 0 Å². The van der Waals surface area contributed by atoms with Gasteiger partial charge in [-0.1, -0.05) is 0 Å². The van der Waals surface area contributed by atoms with Crippen molar-refractivity contribution in [3.63, 3.8) is 0 Å². The summed E-state index contributed by atoms with van der Waals surface area (Å²) in [7, 11) is 0. The first kappa shape index (κ1) is 10.7. The van der Waals surface area contributed by atoms with Crippen LogP contribution in [0.15, 0.2) is 16.8 Å². The Morgan fingerprint density at radius 3 is 2.86 bits per heavy atom. The quantitative estimate of drug-likeness (QED) is 0.736. The summed E-state index contributed by atoms with van der Waals surface area (Å²) in [6.07, 6.45) is 0. The third-order valence-electron chi connectivity index (χ3n) is 1.81. The van der Waals surface area contributed by atoms with Crippen LogP contribution in [-0.4, -0.2) is 17.0 Å². The summed E-state index contributed by atoms with van der Waals surface area (Å²) in [5.74, 6) is -2.55. The molecule has 0 aliphatic carbocycles. The molecule has 0 aliphatic heterocycles. The molecule has 0 aliphatic rings. The normalized spacial score (nSPS) is 12.1. The van der Waals surface area contributed by atoms with Crippen LogP contribution in [0.5, 0.6) is 0 Å². The number of carboxylic acids is 1. The Kier molecular flexibility index (Phi) is 3.64. The fraction of sp³-hybridized carbons (Fsp3) is 0.333. The lowest BCUT2D eigenvalue weighted by molar-refractivity contribution is -0.146. The van der Waals surface area contributed by atoms with Crippen molar-refractivity contribution >= 4 is 23.2 Å². The van der Waals surface area contributed by atoms with E-state index in [4.69, 9.17) is 5.11 Å². The first-order valence-electron chi connectivity index (χ1n) is 4.13. The number of carboxylic acid groups (broad SMARTS) is 1. The van der Waals surface area contributed by atoms with E-state index in [0.717, 1.165) is 5.56 Å². The number of aliphatic carboxylic acids is 1. The van der Waals surface area contributed by atoms with Crippen LogP contribution in [0, 0.1) is 5.92 Å². The van der Waals surface area contributed by atoms with Crippen molar-refractivity contribution in [3.05, 3.63) is 22.4 Å². The molecular formula is C9H11NO3S. The maximum atomic E-state index is 11.2. The maximum absolute atomic E-state index is 11.2. The van der Waals surface area contributed by atoms with Gasteiger partial charge in [-0.15, -0.1) is 0 Å². The molecule has 0 saturated heterocycles. The molecule has 1 amide bonds. The van der Waals surface area contributed by atoms with Crippen molar-refractivity contribution in [1.82, 2.24) is 5.32 Å². The minimum Gasteiger partial charge on any atom is -0.481 e. The summed E-state index contributed by atoms with van der Waals surface area (Å²) in [5, 5.41) is 14.9. The molecule has 1 heterocycles. The van der Waals surface area contributed by atoms with Crippen molar-refractivity contribution in [2.45, 2.75) is 13.5 Å². The first-order valence-corrected chi connectivity index (χ1v) is 5.07. The Morgan fingerprint density at radius 1 is 1.64 bits per heavy atom. The number of carbonyl (C=O) groups excluding carboxylic acids is 1. The van der Waals surface area contributed by atoms with E-state index in [2.05, 4.69) is 5.32 Å². The maximum Gasteiger partial charge on any atom is 0.315 e. The summed E-state index contributed by atoms with van der Waals surface area (Å²) in [6.45, 7) is 1.76. The molecule has 5 heteroatoms. The highest BCUT2D eigenvalue weighted by Crippen LogP contribution is 2.05. The Hall–Kier alpha value is -1.36. The number of carbonyl (C=O) groups is 2. The van der Waals surface area contributed by atoms with Gasteiger partial charge in [0, 0.05) is 6.54 Å². The van der Waals surface area contributed by atoms with E-state index in [1.807, 2.05) is 16.8 Å². The number of thiophene rings is 1. The summed E-state index contributed by atoms with van der Waals surface area (Å²) >= 11 is 1.54. The van der Waals surface area contributed by atoms with E-state index in [9.17, 15) is 9.59 Å². The van der Waals surface area contributed by atoms with Crippen molar-refractivity contribution < 1.29 is 14.7 Å². The molecule has 4 nitrogen and oxygen atoms in total. The highest BCUT2D eigenvalue weighted by molar-refractivity contribution is 7.07. The van der Waals surface area contributed by atoms with Crippen LogP contribution in [0.25, 0.3) is 0 Å². The third kappa shape index (κ3) is 2.85. The summed E-state index contributed by atoms with van der Waals surface area (Å²) < 4.78 is 0. The van der Waals surface area contributed by atoms with Gasteiger partial charge in [0.25, 0.3) is 0 Å². The SMILES string of the molecule is CC(C(=O)O)C(=O)NCc1ccsc1. The molecule has 0 saturated carbocycles. The number of rotatable bonds is 4. The fourth-order valence-corrected chi connectivity index (χ4v) is 1.52. The zero-order valence-electron chi connectivity index (χ0n) is 7.69. The topological polar surface area (TPSA) is 66.4 Å². The predicted molar refractivity (Wildman–Crippen MR) is 53.0 cm³/mol. The van der Waals surface area contributed by atoms with E-state index in [1.165, 1.54) is 18.3 Å². The highest BCUT2D eigenvalue weighted by atomic mass is 32.1. The molecule has 0 bridgehead atoms. The lowest BCUT2D eigenvalue weighted by Gasteiger charge is -2.06. The van der Waals surface area contributed by atoms with Crippen molar-refractivity contribution in [2.24, 2.45) is 5.92 Å². The summed E-state index contributed by atoms with van der Waals surface area (Å²) in [5.41, 5.74) is 0.987. The number of hydrogen-bond acceptors (Lipinski definition) is 3. The molecule has 0 fully saturated rings. The second kappa shape index (κ2) is 4.76. The van der Waals surface area contributed by atoms with Crippen molar-refractivity contribution in [3.8, 4) is 0 Å². The first-order chi connectivity index (χ1) is 6.61. The molecule has 1 aromatic rings. The Labute approximate surface area is 85.6 Å². The molecule has 2 N–H and O–H groups in total. The molecule has 1 atom stereocenters. The predicted octanol–water partition coefficient (Wildman–Crippen LogP) is 1.08. The average Bonchev–Trinajstić information content (AvgIpc) is 2.65. The van der Waals surface area contributed by atoms with Crippen LogP contribution in [0.1, 0.15) is 12.5 Å². The Morgan fingerprint density at radius 2 is 2.36 bits per heavy atom. The fourth-order valence-electron chi connectivity index (χ4n) is 0.848. The third-order valence-corrected chi connectivity index (χ3v) is 2.54. The highest BCUT2D eigenvalue weighted by Gasteiger charge is 2.19. The van der Waals surface area contributed by atoms with Gasteiger partial charge in [0.2, 0.25) is 5.91 Å². The van der Waals surface area contributed by atoms with Gasteiger partial charge in [-0.3, -0.25) is 9.59 Å². The zero-order chi connectivity index (χ0) is 10.6. The molecule has 1 rings (SSSR count). The number of nitrogens with one attached hydrogen (secondary N) is 1. The minimum atomic E-state index is -1.10. The Bertz CT molecular complexity index is 321. The number of amides is 1. The van der Waals surface area contributed by atoms with Crippen molar-refractivity contribution in [2.75, 3.05) is 0 Å². The van der Waals surface area contributed by atoms with E-state index in [-0.39, 0.29) is 0 Å². The molecular weight excluding hydrogens is 202 g/mol. The molecule has 14 heavy (non-hydrogen) atoms. The van der Waals surface area contributed by atoms with E-state index in [1.54, 1.807) is 0 Å². The van der Waals surface area contributed by atoms with Crippen LogP contribution in [0.3, 0.4) is 0 Å². The molecule has 0 radical (unpaired) electrons. The zero-order valence-corrected chi connectivity index (χ0v) is 8.50. The van der Waals surface area contributed by atoms with Gasteiger partial charge in [0.15, 0.2) is 0 Å². The molecule has 1 unspecified atom stereocenters. The van der Waals surface area contributed by atoms with Gasteiger partial charge in [-0.2, -0.15) is 11.3 Å². The van der Waals surface area contributed by atoms with E-state index < -0.39 is 17.8 Å². The second-order valence-electron chi connectivity index (χ2n) is 2.91. The average molecular weight is 213 g/mol. The monoisotopic (exact) mass is 213 g/mol. The van der Waals surface area contributed by atoms with Crippen LogP contribution >= 0.6 is 11.3 Å². The molecule has 76 valence electrons. The molecule has 1 aromatic heterocycles. The van der Waals surface area contributed by atoms with Gasteiger partial charge < -0.3 is 10.4 Å². The van der Waals surface area contributed by atoms with E-state index >= 15 is 0 Å². The standard InChI is InChI=1S/C9H11NO3S/c1-6(9(12)13)8(11)10-4-7-2-3-14-5-7/h2-3,5-6H,4H2,1H3,(H,10,11)(H,12,13). The van der Waals surface area contributed by atoms with Crippen LogP contribution in [0.2, 0.25) is 0 Å². The summed E-state index contributed by atoms with van der Waals surface area (Å²) in [4.78, 5) is 21.6. The van der Waals surface area contributed by atoms with Crippen molar-refractivity contribution in [1.29, 1.82) is 0 Å². The lowest BCUT2D eigenvalue weighted by Crippen LogP contribution is -2.32. The van der Waals surface area contributed by atoms with Gasteiger partial charge in [-0.05, 0) is 29.3 Å². The molecule has 0 aromatic carbocycles. The second-order valence-corrected chi connectivity index (χ2v) is 3.69. The Balaban J connectivity index is 2.39. The smallest absolute Gasteiger partial charge is 0.315 e. The van der Waals surface area contributed by atoms with Gasteiger partial charge in [0.1, 0.15) is 5.92 Å². The van der Waals surface area contributed by atoms with E-state index in [0.29, 0.717) is 6.54 Å².